The summed E-state index contributed by atoms with van der Waals surface area (Å²) in [6.07, 6.45) is -4.66. The number of carbonyl (C=O) groups excluding carboxylic acids is 20. The molecule has 0 radical (unpaired) electrons. The molecule has 45 nitrogen and oxygen atoms in total. The highest BCUT2D eigenvalue weighted by atomic mass is 33.1. The first kappa shape index (κ1) is 112. The lowest BCUT2D eigenvalue weighted by Gasteiger charge is -2.31. The standard InChI is InChI=1S/C86H131N21O24S4/c1-9-45(5)69-81(124)104-71(47(7)108)83(126)98-57(39-63(88)110)75(118)100-59(43-134-132-35-29-66(113)94-55(77(120)102-69)37-49-21-25-51(26-22-49)130-11-3)85(128)106-33-15-19-61(106)79(122)96-53(17-13-31-87)74(117)93-42-68(115)91-32-14-18-54(73(116)92-41-65(90)112)97-80(123)62-20-16-34-107(62)86(129)60-44-135-133-36-30-67(114)95-56(38-50-23-27-52(28-24-50)131-12-4)78(121)103-70(46(6)10-2)82(125)105-72(48(8)109)84(127)99-58(40-64(89)111)76(119)101-60/h21-28,45-48,53-62,69-72,108-109H,9-20,29-44,87H2,1-8H3,(H2,88,110)(H2,89,111)(H2,90,112)(H,91,115)(H,92,116)(H,93,117)(H,94,113)(H,95,114)(H,96,122)(H,97,123)(H,98,126)(H,99,127)(H,100,118)(H,101,119)(H,102,120)(H,103,121)(H,104,124)(H,105,125)/t45-,46-,47+,48+,53-,54-,55+,56+,57-,58-,59-,60-,61-,62-,69-,70-,71-,72-/m0/s1. The van der Waals surface area contributed by atoms with Crippen molar-refractivity contribution in [1.29, 1.82) is 0 Å². The Balaban J connectivity index is 1.14. The molecule has 4 aliphatic rings. The highest BCUT2D eigenvalue weighted by Gasteiger charge is 2.45. The molecule has 0 saturated carbocycles. The molecule has 6 rings (SSSR count). The van der Waals surface area contributed by atoms with E-state index in [-0.39, 0.29) is 126 Å². The highest BCUT2D eigenvalue weighted by molar-refractivity contribution is 8.77. The van der Waals surface area contributed by atoms with E-state index in [0.717, 1.165) is 61.9 Å². The number of ether oxygens (including phenoxy) is 2. The van der Waals surface area contributed by atoms with Gasteiger partial charge >= 0.3 is 0 Å². The van der Waals surface area contributed by atoms with E-state index in [2.05, 4.69) is 79.8 Å². The number of hydrogen-bond donors (Lipinski definition) is 21. The van der Waals surface area contributed by atoms with Crippen LogP contribution in [-0.2, 0) is 109 Å². The second-order valence-electron chi connectivity index (χ2n) is 33.1. The van der Waals surface area contributed by atoms with Gasteiger partial charge in [-0.2, -0.15) is 0 Å². The summed E-state index contributed by atoms with van der Waals surface area (Å²) >= 11 is 0. The number of likely N-dealkylation sites (tertiary alicyclic amines) is 2. The monoisotopic (exact) mass is 1970 g/mol. The minimum atomic E-state index is -1.86. The zero-order valence-corrected chi connectivity index (χ0v) is 80.3. The van der Waals surface area contributed by atoms with Crippen molar-refractivity contribution in [3.63, 3.8) is 0 Å². The summed E-state index contributed by atoms with van der Waals surface area (Å²) in [4.78, 5) is 282. The minimum absolute atomic E-state index is 0.00249. The third kappa shape index (κ3) is 37.0. The molecule has 4 fully saturated rings. The van der Waals surface area contributed by atoms with Gasteiger partial charge in [0.15, 0.2) is 0 Å². The maximum Gasteiger partial charge on any atom is 0.246 e. The summed E-state index contributed by atoms with van der Waals surface area (Å²) in [6, 6.07) is -7.58. The highest BCUT2D eigenvalue weighted by Crippen LogP contribution is 2.29. The summed E-state index contributed by atoms with van der Waals surface area (Å²) in [5, 5.41) is 60.4. The lowest BCUT2D eigenvalue weighted by atomic mass is 9.96. The number of nitrogens with one attached hydrogen (secondary N) is 15. The average molecular weight is 1970 g/mol. The number of aliphatic hydroxyl groups excluding tert-OH is 2. The second kappa shape index (κ2) is 57.6. The Morgan fingerprint density at radius 3 is 1.19 bits per heavy atom. The molecule has 20 amide bonds. The van der Waals surface area contributed by atoms with Gasteiger partial charge in [-0.1, -0.05) is 108 Å². The molecule has 4 saturated heterocycles. The Bertz CT molecular complexity index is 4450. The summed E-state index contributed by atoms with van der Waals surface area (Å²) in [6.45, 7) is 11.8. The topological polar surface area (TPSA) is 691 Å². The fraction of sp³-hybridized carbons (Fsp3) is 0.628. The molecule has 0 aromatic heterocycles. The second-order valence-corrected chi connectivity index (χ2v) is 38.4. The number of benzene rings is 2. The van der Waals surface area contributed by atoms with E-state index < -0.39 is 253 Å². The first-order chi connectivity index (χ1) is 64.2. The normalized spacial score (nSPS) is 24.0. The number of carbonyl (C=O) groups is 20. The summed E-state index contributed by atoms with van der Waals surface area (Å²) < 4.78 is 11.1. The number of primary amides is 3. The Kier molecular flexibility index (Phi) is 48.0. The van der Waals surface area contributed by atoms with Gasteiger partial charge in [0.25, 0.3) is 0 Å². The fourth-order valence-electron chi connectivity index (χ4n) is 14.9. The largest absolute Gasteiger partial charge is 0.494 e. The number of amides is 20. The van der Waals surface area contributed by atoms with Crippen LogP contribution in [0.2, 0.25) is 0 Å². The molecule has 49 heteroatoms. The first-order valence-corrected chi connectivity index (χ1v) is 50.1. The predicted octanol–water partition coefficient (Wildman–Crippen LogP) is -5.40. The van der Waals surface area contributed by atoms with E-state index in [1.54, 1.807) is 76.2 Å². The molecule has 135 heavy (non-hydrogen) atoms. The summed E-state index contributed by atoms with van der Waals surface area (Å²) in [5.74, 6) is -18.8. The van der Waals surface area contributed by atoms with Crippen molar-refractivity contribution in [2.24, 2.45) is 34.8 Å². The molecule has 4 aliphatic heterocycles. The quantitative estimate of drug-likeness (QED) is 0.0222. The van der Waals surface area contributed by atoms with E-state index in [4.69, 9.17) is 32.4 Å². The molecule has 2 aromatic carbocycles. The van der Waals surface area contributed by atoms with Crippen LogP contribution in [0, 0.1) is 11.8 Å². The van der Waals surface area contributed by atoms with Gasteiger partial charge in [0.05, 0.1) is 51.4 Å². The molecule has 0 unspecified atom stereocenters. The number of aliphatic hydroxyl groups is 2. The van der Waals surface area contributed by atoms with Gasteiger partial charge in [0, 0.05) is 68.3 Å². The number of rotatable bonds is 37. The van der Waals surface area contributed by atoms with Crippen molar-refractivity contribution in [1.82, 2.24) is 89.6 Å². The van der Waals surface area contributed by atoms with Crippen molar-refractivity contribution in [2.75, 3.05) is 75.5 Å². The predicted molar refractivity (Wildman–Crippen MR) is 500 cm³/mol. The van der Waals surface area contributed by atoms with E-state index in [0.29, 0.717) is 48.7 Å². The maximum atomic E-state index is 15.0. The first-order valence-electron chi connectivity index (χ1n) is 45.1. The smallest absolute Gasteiger partial charge is 0.246 e. The lowest BCUT2D eigenvalue weighted by molar-refractivity contribution is -0.142. The SMILES string of the molecule is CCOc1ccc(C[C@H]2NC(=O)CCSSC[C@@H](C(=O)N3CCC[C@H]3C(=O)N[C@@H](CCCNC(=O)CNC(=O)[C@H](CCCN)NC(=O)[C@@H]3CCCN3C(=O)[C@@H]3CSSCCC(=O)N[C@H](Cc4ccc(OCC)cc4)C(=O)N[C@@H]([C@@H](C)CC)C(=O)N[C@@H]([C@@H](C)O)C(=O)N[C@@H](CC(N)=O)C(=O)N3)C(=O)NCC(N)=O)NC(=O)[C@H](CC(N)=O)NC(=O)[C@H]([C@@H](C)O)NC(=O)[C@H]([C@@H](C)CC)NC2=O)cc1. The van der Waals surface area contributed by atoms with E-state index in [1.165, 1.54) is 4.90 Å². The van der Waals surface area contributed by atoms with Gasteiger partial charge in [0.2, 0.25) is 118 Å². The lowest BCUT2D eigenvalue weighted by Crippen LogP contribution is -2.63. The zero-order chi connectivity index (χ0) is 99.7. The van der Waals surface area contributed by atoms with Crippen LogP contribution >= 0.6 is 43.2 Å². The van der Waals surface area contributed by atoms with E-state index in [1.807, 2.05) is 13.8 Å². The molecule has 4 heterocycles. The summed E-state index contributed by atoms with van der Waals surface area (Å²) in [7, 11) is 4.23. The van der Waals surface area contributed by atoms with Crippen LogP contribution < -0.4 is 112 Å². The van der Waals surface area contributed by atoms with Crippen LogP contribution in [0.25, 0.3) is 0 Å². The molecular weight excluding hydrogens is 1840 g/mol. The average Bonchev–Trinajstić information content (AvgIpc) is 1.69. The number of nitrogens with two attached hydrogens (primary N) is 4. The zero-order valence-electron chi connectivity index (χ0n) is 77.0. The molecule has 0 spiro atoms. The van der Waals surface area contributed by atoms with Crippen LogP contribution in [0.15, 0.2) is 48.5 Å². The Hall–Kier alpha value is -11.3. The molecule has 0 aliphatic carbocycles. The molecule has 0 bridgehead atoms. The van der Waals surface area contributed by atoms with Crippen LogP contribution in [0.5, 0.6) is 11.5 Å². The van der Waals surface area contributed by atoms with Gasteiger partial charge in [-0.3, -0.25) is 95.9 Å². The van der Waals surface area contributed by atoms with Gasteiger partial charge < -0.3 is 132 Å². The molecule has 748 valence electrons. The molecular formula is C86H131N21O24S4. The van der Waals surface area contributed by atoms with Crippen LogP contribution in [0.4, 0.5) is 0 Å². The van der Waals surface area contributed by atoms with E-state index in [9.17, 15) is 106 Å². The van der Waals surface area contributed by atoms with Crippen LogP contribution in [-0.4, -0.2) is 310 Å². The minimum Gasteiger partial charge on any atom is -0.494 e. The van der Waals surface area contributed by atoms with Gasteiger partial charge in [0.1, 0.15) is 96.1 Å². The van der Waals surface area contributed by atoms with Gasteiger partial charge in [-0.25, -0.2) is 0 Å². The number of hydrogen-bond acceptors (Lipinski definition) is 29. The Labute approximate surface area is 798 Å². The van der Waals surface area contributed by atoms with Gasteiger partial charge in [-0.15, -0.1) is 0 Å². The van der Waals surface area contributed by atoms with Crippen molar-refractivity contribution >= 4 is 161 Å². The third-order valence-electron chi connectivity index (χ3n) is 22.6. The molecule has 25 N–H and O–H groups in total. The van der Waals surface area contributed by atoms with Gasteiger partial charge in [-0.05, 0) is 133 Å². The van der Waals surface area contributed by atoms with Crippen molar-refractivity contribution in [3.8, 4) is 11.5 Å². The fourth-order valence-corrected chi connectivity index (χ4v) is 19.1. The maximum absolute atomic E-state index is 15.0. The Morgan fingerprint density at radius 1 is 0.452 bits per heavy atom. The number of nitrogens with zero attached hydrogens (tertiary/aromatic N) is 2. The Morgan fingerprint density at radius 2 is 0.822 bits per heavy atom. The van der Waals surface area contributed by atoms with Crippen molar-refractivity contribution < 1.29 is 116 Å². The third-order valence-corrected chi connectivity index (χ3v) is 27.5. The van der Waals surface area contributed by atoms with Crippen molar-refractivity contribution in [2.45, 2.75) is 255 Å². The molecule has 18 atom stereocenters. The van der Waals surface area contributed by atoms with E-state index >= 15 is 0 Å². The van der Waals surface area contributed by atoms with Crippen LogP contribution in [0.1, 0.15) is 156 Å². The summed E-state index contributed by atoms with van der Waals surface area (Å²) in [5.41, 5.74) is 23.7. The van der Waals surface area contributed by atoms with Crippen molar-refractivity contribution in [3.05, 3.63) is 59.7 Å². The molecule has 2 aromatic rings. The van der Waals surface area contributed by atoms with Crippen LogP contribution in [0.3, 0.4) is 0 Å².